The standard InChI is InChI=1S/C24H18F3N3O3/c1-13-6-5-8-17(24(25,26)27)20(13)22(31)30-19-9-4-3-7-16(19)21(29-30)14-10-11-15(18(28)12-14)23(32)33-2/h3-12H,28H2,1-2H3. The van der Waals surface area contributed by atoms with Crippen molar-refractivity contribution < 1.29 is 27.5 Å². The van der Waals surface area contributed by atoms with E-state index in [1.165, 1.54) is 38.3 Å². The lowest BCUT2D eigenvalue weighted by molar-refractivity contribution is -0.138. The number of rotatable bonds is 3. The summed E-state index contributed by atoms with van der Waals surface area (Å²) in [6.07, 6.45) is -4.71. The lowest BCUT2D eigenvalue weighted by Gasteiger charge is -2.14. The second kappa shape index (κ2) is 8.09. The van der Waals surface area contributed by atoms with Gasteiger partial charge in [0.2, 0.25) is 0 Å². The number of aromatic nitrogens is 2. The summed E-state index contributed by atoms with van der Waals surface area (Å²) in [7, 11) is 1.23. The van der Waals surface area contributed by atoms with E-state index < -0.39 is 29.2 Å². The first-order chi connectivity index (χ1) is 15.6. The number of nitrogens with zero attached hydrogens (tertiary/aromatic N) is 2. The van der Waals surface area contributed by atoms with E-state index in [-0.39, 0.29) is 16.8 Å². The summed E-state index contributed by atoms with van der Waals surface area (Å²) in [5.74, 6) is -1.51. The highest BCUT2D eigenvalue weighted by atomic mass is 19.4. The van der Waals surface area contributed by atoms with Crippen molar-refractivity contribution in [3.8, 4) is 11.3 Å². The van der Waals surface area contributed by atoms with Crippen LogP contribution in [0.1, 0.15) is 31.8 Å². The fraction of sp³-hybridized carbons (Fsp3) is 0.125. The molecule has 0 radical (unpaired) electrons. The van der Waals surface area contributed by atoms with Gasteiger partial charge in [0, 0.05) is 16.6 Å². The van der Waals surface area contributed by atoms with Crippen LogP contribution in [0.5, 0.6) is 0 Å². The highest BCUT2D eigenvalue weighted by Gasteiger charge is 2.36. The number of para-hydroxylation sites is 1. The van der Waals surface area contributed by atoms with Gasteiger partial charge in [-0.25, -0.2) is 4.79 Å². The number of hydrogen-bond donors (Lipinski definition) is 1. The Morgan fingerprint density at radius 3 is 2.42 bits per heavy atom. The maximum atomic E-state index is 13.6. The second-order valence-electron chi connectivity index (χ2n) is 7.37. The van der Waals surface area contributed by atoms with Crippen molar-refractivity contribution in [1.82, 2.24) is 9.78 Å². The molecule has 0 atom stereocenters. The first-order valence-electron chi connectivity index (χ1n) is 9.81. The molecule has 3 aromatic carbocycles. The smallest absolute Gasteiger partial charge is 0.417 e. The molecular weight excluding hydrogens is 435 g/mol. The van der Waals surface area contributed by atoms with E-state index >= 15 is 0 Å². The van der Waals surface area contributed by atoms with Gasteiger partial charge >= 0.3 is 12.1 Å². The van der Waals surface area contributed by atoms with Crippen LogP contribution in [0, 0.1) is 6.92 Å². The molecule has 1 heterocycles. The average Bonchev–Trinajstić information content (AvgIpc) is 3.17. The van der Waals surface area contributed by atoms with E-state index in [4.69, 9.17) is 10.5 Å². The van der Waals surface area contributed by atoms with Gasteiger partial charge in [0.15, 0.2) is 0 Å². The van der Waals surface area contributed by atoms with Crippen molar-refractivity contribution in [2.75, 3.05) is 12.8 Å². The number of carbonyl (C=O) groups excluding carboxylic acids is 2. The summed E-state index contributed by atoms with van der Waals surface area (Å²) >= 11 is 0. The van der Waals surface area contributed by atoms with Crippen LogP contribution in [0.25, 0.3) is 22.2 Å². The molecule has 0 aliphatic rings. The largest absolute Gasteiger partial charge is 0.465 e. The number of nitrogen functional groups attached to an aromatic ring is 1. The molecular formula is C24H18F3N3O3. The Morgan fingerprint density at radius 1 is 1.03 bits per heavy atom. The zero-order chi connectivity index (χ0) is 23.9. The lowest BCUT2D eigenvalue weighted by atomic mass is 10.0. The molecule has 0 saturated carbocycles. The minimum atomic E-state index is -4.71. The summed E-state index contributed by atoms with van der Waals surface area (Å²) in [5, 5.41) is 4.90. The van der Waals surface area contributed by atoms with Crippen molar-refractivity contribution in [1.29, 1.82) is 0 Å². The molecule has 0 aliphatic heterocycles. The number of benzene rings is 3. The molecule has 2 N–H and O–H groups in total. The molecule has 0 spiro atoms. The van der Waals surface area contributed by atoms with Gasteiger partial charge in [-0.2, -0.15) is 23.0 Å². The third-order valence-electron chi connectivity index (χ3n) is 5.30. The van der Waals surface area contributed by atoms with E-state index in [0.717, 1.165) is 10.7 Å². The molecule has 0 fully saturated rings. The molecule has 1 aromatic heterocycles. The third-order valence-corrected chi connectivity index (χ3v) is 5.30. The van der Waals surface area contributed by atoms with Crippen LogP contribution in [-0.2, 0) is 10.9 Å². The van der Waals surface area contributed by atoms with Crippen LogP contribution in [-0.4, -0.2) is 28.8 Å². The average molecular weight is 453 g/mol. The Morgan fingerprint density at radius 2 is 1.76 bits per heavy atom. The second-order valence-corrected chi connectivity index (χ2v) is 7.37. The number of nitrogens with two attached hydrogens (primary N) is 1. The topological polar surface area (TPSA) is 87.2 Å². The Balaban J connectivity index is 1.91. The van der Waals surface area contributed by atoms with E-state index in [1.54, 1.807) is 30.3 Å². The molecule has 0 aliphatic carbocycles. The first-order valence-corrected chi connectivity index (χ1v) is 9.81. The minimum absolute atomic E-state index is 0.141. The molecule has 9 heteroatoms. The summed E-state index contributed by atoms with van der Waals surface area (Å²) in [6, 6.07) is 14.8. The molecule has 0 unspecified atom stereocenters. The highest BCUT2D eigenvalue weighted by Crippen LogP contribution is 2.35. The van der Waals surface area contributed by atoms with Gasteiger partial charge in [-0.05, 0) is 36.8 Å². The number of alkyl halides is 3. The van der Waals surface area contributed by atoms with Gasteiger partial charge in [0.1, 0.15) is 5.69 Å². The highest BCUT2D eigenvalue weighted by molar-refractivity contribution is 6.06. The third kappa shape index (κ3) is 3.82. The number of carbonyl (C=O) groups is 2. The van der Waals surface area contributed by atoms with Gasteiger partial charge in [-0.1, -0.05) is 36.4 Å². The predicted molar refractivity (Wildman–Crippen MR) is 117 cm³/mol. The zero-order valence-electron chi connectivity index (χ0n) is 17.6. The Bertz CT molecular complexity index is 1410. The van der Waals surface area contributed by atoms with Gasteiger partial charge in [0.05, 0.1) is 29.3 Å². The molecule has 0 bridgehead atoms. The van der Waals surface area contributed by atoms with Crippen LogP contribution in [0.15, 0.2) is 60.7 Å². The SMILES string of the molecule is COC(=O)c1ccc(-c2nn(C(=O)c3c(C)cccc3C(F)(F)F)c3ccccc23)cc1N. The van der Waals surface area contributed by atoms with Gasteiger partial charge in [-0.3, -0.25) is 4.79 Å². The van der Waals surface area contributed by atoms with Crippen LogP contribution < -0.4 is 5.73 Å². The van der Waals surface area contributed by atoms with Crippen molar-refractivity contribution in [2.45, 2.75) is 13.1 Å². The number of aryl methyl sites for hydroxylation is 1. The number of esters is 1. The van der Waals surface area contributed by atoms with Crippen molar-refractivity contribution in [3.05, 3.63) is 82.9 Å². The molecule has 4 aromatic rings. The number of anilines is 1. The van der Waals surface area contributed by atoms with E-state index in [0.29, 0.717) is 22.2 Å². The monoisotopic (exact) mass is 453 g/mol. The van der Waals surface area contributed by atoms with Crippen molar-refractivity contribution in [2.24, 2.45) is 0 Å². The van der Waals surface area contributed by atoms with Crippen LogP contribution in [0.3, 0.4) is 0 Å². The summed E-state index contributed by atoms with van der Waals surface area (Å²) in [4.78, 5) is 25.2. The quantitative estimate of drug-likeness (QED) is 0.345. The first kappa shape index (κ1) is 22.1. The van der Waals surface area contributed by atoms with Crippen molar-refractivity contribution in [3.63, 3.8) is 0 Å². The maximum absolute atomic E-state index is 13.6. The molecule has 0 amide bonds. The van der Waals surface area contributed by atoms with Gasteiger partial charge in [0.25, 0.3) is 5.91 Å². The minimum Gasteiger partial charge on any atom is -0.465 e. The number of halogens is 3. The van der Waals surface area contributed by atoms with E-state index in [1.807, 2.05) is 0 Å². The summed E-state index contributed by atoms with van der Waals surface area (Å²) < 4.78 is 46.6. The predicted octanol–water partition coefficient (Wildman–Crippen LogP) is 5.09. The number of methoxy groups -OCH3 is 1. The normalized spacial score (nSPS) is 11.5. The maximum Gasteiger partial charge on any atom is 0.417 e. The van der Waals surface area contributed by atoms with Gasteiger partial charge < -0.3 is 10.5 Å². The molecule has 6 nitrogen and oxygen atoms in total. The van der Waals surface area contributed by atoms with E-state index in [9.17, 15) is 22.8 Å². The molecule has 0 saturated heterocycles. The Kier molecular flexibility index (Phi) is 5.41. The van der Waals surface area contributed by atoms with Crippen LogP contribution in [0.2, 0.25) is 0 Å². The fourth-order valence-corrected chi connectivity index (χ4v) is 3.73. The molecule has 33 heavy (non-hydrogen) atoms. The van der Waals surface area contributed by atoms with Gasteiger partial charge in [-0.15, -0.1) is 0 Å². The molecule has 168 valence electrons. The number of fused-ring (bicyclic) bond motifs is 1. The van der Waals surface area contributed by atoms with E-state index in [2.05, 4.69) is 5.10 Å². The lowest BCUT2D eigenvalue weighted by Crippen LogP contribution is -2.21. The van der Waals surface area contributed by atoms with Crippen LogP contribution in [0.4, 0.5) is 18.9 Å². The summed E-state index contributed by atoms with van der Waals surface area (Å²) in [5.41, 5.74) is 6.15. The number of ether oxygens (including phenoxy) is 1. The zero-order valence-corrected chi connectivity index (χ0v) is 17.6. The summed E-state index contributed by atoms with van der Waals surface area (Å²) in [6.45, 7) is 1.45. The number of hydrogen-bond acceptors (Lipinski definition) is 5. The Labute approximate surface area is 186 Å². The molecule has 4 rings (SSSR count). The van der Waals surface area contributed by atoms with Crippen molar-refractivity contribution >= 4 is 28.5 Å². The Hall–Kier alpha value is -4.14. The van der Waals surface area contributed by atoms with Crippen LogP contribution >= 0.6 is 0 Å². The fourth-order valence-electron chi connectivity index (χ4n) is 3.73.